The first-order valence-corrected chi connectivity index (χ1v) is 6.56. The molecule has 0 unspecified atom stereocenters. The highest BCUT2D eigenvalue weighted by molar-refractivity contribution is 9.10. The largest absolute Gasteiger partial charge is 0.369 e. The first-order valence-electron chi connectivity index (χ1n) is 5.77. The predicted molar refractivity (Wildman–Crippen MR) is 77.9 cm³/mol. The second-order valence-corrected chi connectivity index (χ2v) is 5.20. The van der Waals surface area contributed by atoms with Gasteiger partial charge in [-0.15, -0.1) is 0 Å². The second kappa shape index (κ2) is 4.35. The number of aromatic nitrogens is 2. The summed E-state index contributed by atoms with van der Waals surface area (Å²) in [5, 5.41) is 0. The summed E-state index contributed by atoms with van der Waals surface area (Å²) in [5.74, 6) is 0.0311. The lowest BCUT2D eigenvalue weighted by Gasteiger charge is -2.10. The van der Waals surface area contributed by atoms with E-state index in [0.29, 0.717) is 11.6 Å². The molecule has 19 heavy (non-hydrogen) atoms. The van der Waals surface area contributed by atoms with Crippen molar-refractivity contribution in [2.24, 2.45) is 0 Å². The van der Waals surface area contributed by atoms with Crippen LogP contribution in [0, 0.1) is 12.7 Å². The molecule has 2 N–H and O–H groups in total. The van der Waals surface area contributed by atoms with Gasteiger partial charge in [-0.1, -0.05) is 12.1 Å². The number of halogens is 2. The van der Waals surface area contributed by atoms with E-state index in [1.54, 1.807) is 10.6 Å². The third kappa shape index (κ3) is 1.90. The molecular formula is C14H11BrFN3. The maximum atomic E-state index is 13.5. The van der Waals surface area contributed by atoms with Gasteiger partial charge in [0.2, 0.25) is 5.95 Å². The van der Waals surface area contributed by atoms with Crippen LogP contribution >= 0.6 is 15.9 Å². The zero-order valence-electron chi connectivity index (χ0n) is 10.2. The van der Waals surface area contributed by atoms with E-state index in [0.717, 1.165) is 21.1 Å². The molecule has 0 fully saturated rings. The number of nitrogens with two attached hydrogens (primary N) is 1. The molecule has 0 bridgehead atoms. The molecule has 0 aliphatic carbocycles. The molecule has 0 atom stereocenters. The van der Waals surface area contributed by atoms with Gasteiger partial charge in [-0.05, 0) is 52.7 Å². The Morgan fingerprint density at radius 3 is 2.84 bits per heavy atom. The van der Waals surface area contributed by atoms with E-state index in [9.17, 15) is 4.39 Å². The van der Waals surface area contributed by atoms with Gasteiger partial charge in [0.25, 0.3) is 0 Å². The van der Waals surface area contributed by atoms with Gasteiger partial charge in [0.1, 0.15) is 5.82 Å². The Hall–Kier alpha value is -1.88. The van der Waals surface area contributed by atoms with Gasteiger partial charge >= 0.3 is 0 Å². The third-order valence-electron chi connectivity index (χ3n) is 3.05. The molecule has 0 aliphatic heterocycles. The van der Waals surface area contributed by atoms with Crippen molar-refractivity contribution in [3.8, 4) is 5.69 Å². The van der Waals surface area contributed by atoms with Crippen molar-refractivity contribution in [1.82, 2.24) is 9.55 Å². The lowest BCUT2D eigenvalue weighted by atomic mass is 10.2. The Morgan fingerprint density at radius 1 is 1.26 bits per heavy atom. The first kappa shape index (κ1) is 12.2. The molecular weight excluding hydrogens is 309 g/mol. The number of nitrogens with zero attached hydrogens (tertiary/aromatic N) is 2. The van der Waals surface area contributed by atoms with Gasteiger partial charge in [0, 0.05) is 4.47 Å². The van der Waals surface area contributed by atoms with Crippen LogP contribution in [0.25, 0.3) is 16.7 Å². The van der Waals surface area contributed by atoms with E-state index in [1.807, 2.05) is 25.1 Å². The van der Waals surface area contributed by atoms with Crippen molar-refractivity contribution >= 4 is 32.9 Å². The smallest absolute Gasteiger partial charge is 0.205 e. The molecule has 0 aliphatic rings. The summed E-state index contributed by atoms with van der Waals surface area (Å²) >= 11 is 3.43. The van der Waals surface area contributed by atoms with Crippen LogP contribution in [0.4, 0.5) is 10.3 Å². The Morgan fingerprint density at radius 2 is 2.05 bits per heavy atom. The van der Waals surface area contributed by atoms with Gasteiger partial charge in [-0.2, -0.15) is 0 Å². The monoisotopic (exact) mass is 319 g/mol. The van der Waals surface area contributed by atoms with Crippen molar-refractivity contribution in [3.63, 3.8) is 0 Å². The Balaban J connectivity index is 2.42. The number of para-hydroxylation sites is 1. The van der Waals surface area contributed by atoms with Crippen LogP contribution in [-0.2, 0) is 0 Å². The second-order valence-electron chi connectivity index (χ2n) is 4.34. The molecule has 96 valence electrons. The zero-order chi connectivity index (χ0) is 13.6. The zero-order valence-corrected chi connectivity index (χ0v) is 11.8. The lowest BCUT2D eigenvalue weighted by molar-refractivity contribution is 0.626. The third-order valence-corrected chi connectivity index (χ3v) is 3.72. The molecule has 1 aromatic heterocycles. The molecule has 0 radical (unpaired) electrons. The van der Waals surface area contributed by atoms with Crippen molar-refractivity contribution in [3.05, 3.63) is 52.3 Å². The van der Waals surface area contributed by atoms with Gasteiger partial charge < -0.3 is 5.73 Å². The molecule has 3 rings (SSSR count). The number of benzene rings is 2. The summed E-state index contributed by atoms with van der Waals surface area (Å²) in [7, 11) is 0. The molecule has 3 nitrogen and oxygen atoms in total. The van der Waals surface area contributed by atoms with E-state index in [-0.39, 0.29) is 5.82 Å². The number of anilines is 1. The average molecular weight is 320 g/mol. The number of imidazole rings is 1. The SMILES string of the molecule is Cc1cccc2nc(N)n(-c3cc(F)ccc3Br)c12. The van der Waals surface area contributed by atoms with Crippen molar-refractivity contribution in [2.45, 2.75) is 6.92 Å². The van der Waals surface area contributed by atoms with Crippen LogP contribution in [0.5, 0.6) is 0 Å². The summed E-state index contributed by atoms with van der Waals surface area (Å²) in [6.07, 6.45) is 0. The number of aryl methyl sites for hydroxylation is 1. The first-order chi connectivity index (χ1) is 9.08. The van der Waals surface area contributed by atoms with Gasteiger partial charge in [0.15, 0.2) is 0 Å². The summed E-state index contributed by atoms with van der Waals surface area (Å²) in [6.45, 7) is 1.98. The standard InChI is InChI=1S/C14H11BrFN3/c1-8-3-2-4-11-13(8)19(14(17)18-11)12-7-9(16)5-6-10(12)15/h2-7H,1H3,(H2,17,18). The van der Waals surface area contributed by atoms with E-state index < -0.39 is 0 Å². The van der Waals surface area contributed by atoms with E-state index in [4.69, 9.17) is 5.73 Å². The Bertz CT molecular complexity index is 780. The van der Waals surface area contributed by atoms with Crippen LogP contribution < -0.4 is 5.73 Å². The number of nitrogen functional groups attached to an aromatic ring is 1. The fourth-order valence-corrected chi connectivity index (χ4v) is 2.64. The highest BCUT2D eigenvalue weighted by atomic mass is 79.9. The molecule has 3 aromatic rings. The maximum Gasteiger partial charge on any atom is 0.205 e. The minimum absolute atomic E-state index is 0.312. The number of hydrogen-bond donors (Lipinski definition) is 1. The minimum atomic E-state index is -0.312. The topological polar surface area (TPSA) is 43.8 Å². The molecule has 5 heteroatoms. The molecule has 1 heterocycles. The summed E-state index contributed by atoms with van der Waals surface area (Å²) in [6, 6.07) is 10.3. The number of hydrogen-bond acceptors (Lipinski definition) is 2. The number of rotatable bonds is 1. The highest BCUT2D eigenvalue weighted by Gasteiger charge is 2.14. The number of fused-ring (bicyclic) bond motifs is 1. The van der Waals surface area contributed by atoms with E-state index in [1.165, 1.54) is 12.1 Å². The quantitative estimate of drug-likeness (QED) is 0.741. The average Bonchev–Trinajstić information content (AvgIpc) is 2.70. The van der Waals surface area contributed by atoms with Crippen LogP contribution in [-0.4, -0.2) is 9.55 Å². The van der Waals surface area contributed by atoms with Crippen LogP contribution in [0.1, 0.15) is 5.56 Å². The molecule has 0 spiro atoms. The summed E-state index contributed by atoms with van der Waals surface area (Å²) < 4.78 is 16.0. The van der Waals surface area contributed by atoms with Crippen molar-refractivity contribution in [1.29, 1.82) is 0 Å². The predicted octanol–water partition coefficient (Wildman–Crippen LogP) is 3.82. The lowest BCUT2D eigenvalue weighted by Crippen LogP contribution is -2.02. The van der Waals surface area contributed by atoms with E-state index >= 15 is 0 Å². The van der Waals surface area contributed by atoms with Crippen molar-refractivity contribution in [2.75, 3.05) is 5.73 Å². The fraction of sp³-hybridized carbons (Fsp3) is 0.0714. The van der Waals surface area contributed by atoms with E-state index in [2.05, 4.69) is 20.9 Å². The van der Waals surface area contributed by atoms with Gasteiger partial charge in [0.05, 0.1) is 16.7 Å². The van der Waals surface area contributed by atoms with Crippen molar-refractivity contribution < 1.29 is 4.39 Å². The van der Waals surface area contributed by atoms with Crippen LogP contribution in [0.3, 0.4) is 0 Å². The maximum absolute atomic E-state index is 13.5. The molecule has 2 aromatic carbocycles. The molecule has 0 amide bonds. The summed E-state index contributed by atoms with van der Waals surface area (Å²) in [4.78, 5) is 4.32. The minimum Gasteiger partial charge on any atom is -0.369 e. The fourth-order valence-electron chi connectivity index (χ4n) is 2.21. The van der Waals surface area contributed by atoms with Gasteiger partial charge in [-0.3, -0.25) is 4.57 Å². The molecule has 0 saturated heterocycles. The highest BCUT2D eigenvalue weighted by Crippen LogP contribution is 2.30. The Labute approximate surface area is 118 Å². The van der Waals surface area contributed by atoms with Crippen LogP contribution in [0.2, 0.25) is 0 Å². The summed E-state index contributed by atoms with van der Waals surface area (Å²) in [5.41, 5.74) is 9.36. The normalized spacial score (nSPS) is 11.1. The Kier molecular flexibility index (Phi) is 2.78. The molecule has 0 saturated carbocycles. The van der Waals surface area contributed by atoms with Crippen LogP contribution in [0.15, 0.2) is 40.9 Å². The van der Waals surface area contributed by atoms with Gasteiger partial charge in [-0.25, -0.2) is 9.37 Å².